The van der Waals surface area contributed by atoms with E-state index in [1.54, 1.807) is 12.2 Å². The molecule has 0 saturated heterocycles. The highest BCUT2D eigenvalue weighted by Gasteiger charge is 2.34. The lowest BCUT2D eigenvalue weighted by Gasteiger charge is -2.38. The number of nitrogens with two attached hydrogens (primary N) is 1. The molecule has 23 heavy (non-hydrogen) atoms. The van der Waals surface area contributed by atoms with Crippen molar-refractivity contribution in [3.8, 4) is 11.8 Å². The first-order valence-corrected chi connectivity index (χ1v) is 7.84. The number of allylic oxidation sites excluding steroid dienone is 2. The molecule has 0 spiro atoms. The fourth-order valence-corrected chi connectivity index (χ4v) is 2.65. The van der Waals surface area contributed by atoms with Gasteiger partial charge in [0.05, 0.1) is 6.61 Å². The lowest BCUT2D eigenvalue weighted by atomic mass is 10.0. The van der Waals surface area contributed by atoms with Crippen LogP contribution < -0.4 is 15.8 Å². The zero-order valence-corrected chi connectivity index (χ0v) is 13.8. The monoisotopic (exact) mass is 328 g/mol. The van der Waals surface area contributed by atoms with E-state index in [-0.39, 0.29) is 5.11 Å². The zero-order valence-electron chi connectivity index (χ0n) is 13.0. The molecule has 1 aromatic carbocycles. The van der Waals surface area contributed by atoms with Crippen LogP contribution in [0.4, 0.5) is 0 Å². The molecular weight excluding hydrogens is 308 g/mol. The van der Waals surface area contributed by atoms with Gasteiger partial charge in [0.2, 0.25) is 5.66 Å². The van der Waals surface area contributed by atoms with Crippen molar-refractivity contribution >= 4 is 17.3 Å². The molecule has 1 unspecified atom stereocenters. The van der Waals surface area contributed by atoms with Gasteiger partial charge >= 0.3 is 0 Å². The topological polar surface area (TPSA) is 74.3 Å². The third-order valence-corrected chi connectivity index (χ3v) is 3.65. The summed E-state index contributed by atoms with van der Waals surface area (Å²) >= 11 is 4.91. The van der Waals surface area contributed by atoms with Crippen LogP contribution in [-0.4, -0.2) is 28.8 Å². The lowest BCUT2D eigenvalue weighted by Crippen LogP contribution is -2.59. The van der Waals surface area contributed by atoms with Crippen molar-refractivity contribution in [3.05, 3.63) is 54.3 Å². The lowest BCUT2D eigenvalue weighted by molar-refractivity contribution is 0.235. The Bertz CT molecular complexity index is 665. The molecule has 0 saturated carbocycles. The Kier molecular flexibility index (Phi) is 5.61. The van der Waals surface area contributed by atoms with Gasteiger partial charge in [-0.15, -0.1) is 0 Å². The highest BCUT2D eigenvalue weighted by atomic mass is 32.1. The Labute approximate surface area is 142 Å². The molecule has 0 aliphatic carbocycles. The van der Waals surface area contributed by atoms with Gasteiger partial charge in [-0.2, -0.15) is 5.26 Å². The number of thiocarbonyl (C=S) groups is 1. The Morgan fingerprint density at radius 1 is 1.43 bits per heavy atom. The molecule has 0 fully saturated rings. The van der Waals surface area contributed by atoms with Crippen molar-refractivity contribution in [1.82, 2.24) is 10.2 Å². The first-order chi connectivity index (χ1) is 11.1. The van der Waals surface area contributed by atoms with Gasteiger partial charge in [-0.3, -0.25) is 0 Å². The quantitative estimate of drug-likeness (QED) is 0.779. The number of rotatable bonds is 6. The van der Waals surface area contributed by atoms with Crippen LogP contribution in [0.1, 0.15) is 12.5 Å². The van der Waals surface area contributed by atoms with Crippen LogP contribution in [-0.2, 0) is 6.42 Å². The van der Waals surface area contributed by atoms with Gasteiger partial charge in [0.25, 0.3) is 0 Å². The molecule has 6 heteroatoms. The Balaban J connectivity index is 2.15. The number of ether oxygens (including phenoxy) is 1. The van der Waals surface area contributed by atoms with Crippen LogP contribution in [0.3, 0.4) is 0 Å². The SMILES string of the molecule is CCOc1ccccc1CCN1C=CC=CC1(C#N)NC(N)=S. The number of nitrogens with one attached hydrogen (secondary N) is 1. The van der Waals surface area contributed by atoms with Gasteiger partial charge in [0.15, 0.2) is 5.11 Å². The van der Waals surface area contributed by atoms with Crippen LogP contribution in [0.5, 0.6) is 5.75 Å². The maximum absolute atomic E-state index is 9.62. The minimum Gasteiger partial charge on any atom is -0.494 e. The average molecular weight is 328 g/mol. The molecule has 1 aliphatic heterocycles. The highest BCUT2D eigenvalue weighted by Crippen LogP contribution is 2.22. The second-order valence-electron chi connectivity index (χ2n) is 5.05. The maximum Gasteiger partial charge on any atom is 0.221 e. The Morgan fingerprint density at radius 2 is 2.22 bits per heavy atom. The third kappa shape index (κ3) is 4.02. The minimum absolute atomic E-state index is 0.0891. The molecule has 1 aromatic rings. The zero-order chi connectivity index (χ0) is 16.7. The second-order valence-corrected chi connectivity index (χ2v) is 5.49. The van der Waals surface area contributed by atoms with E-state index in [2.05, 4.69) is 11.4 Å². The first kappa shape index (κ1) is 16.8. The predicted molar refractivity (Wildman–Crippen MR) is 94.6 cm³/mol. The molecule has 0 bridgehead atoms. The van der Waals surface area contributed by atoms with Gasteiger partial charge in [0, 0.05) is 12.7 Å². The normalized spacial score (nSPS) is 19.2. The molecule has 1 heterocycles. The Hall–Kier alpha value is -2.52. The van der Waals surface area contributed by atoms with Gasteiger partial charge in [-0.1, -0.05) is 24.3 Å². The molecule has 5 nitrogen and oxygen atoms in total. The molecule has 0 amide bonds. The summed E-state index contributed by atoms with van der Waals surface area (Å²) in [6.07, 6.45) is 8.03. The summed E-state index contributed by atoms with van der Waals surface area (Å²) in [5, 5.41) is 12.6. The molecular formula is C17H20N4OS. The molecule has 120 valence electrons. The minimum atomic E-state index is -1.05. The van der Waals surface area contributed by atoms with Crippen molar-refractivity contribution < 1.29 is 4.74 Å². The van der Waals surface area contributed by atoms with Crippen LogP contribution in [0.25, 0.3) is 0 Å². The van der Waals surface area contributed by atoms with Crippen molar-refractivity contribution in [2.75, 3.05) is 13.2 Å². The molecule has 1 aliphatic rings. The van der Waals surface area contributed by atoms with Crippen molar-refractivity contribution in [3.63, 3.8) is 0 Å². The summed E-state index contributed by atoms with van der Waals surface area (Å²) in [4.78, 5) is 1.88. The molecule has 3 N–H and O–H groups in total. The fourth-order valence-electron chi connectivity index (χ4n) is 2.49. The third-order valence-electron chi connectivity index (χ3n) is 3.55. The summed E-state index contributed by atoms with van der Waals surface area (Å²) < 4.78 is 5.65. The molecule has 2 rings (SSSR count). The van der Waals surface area contributed by atoms with E-state index < -0.39 is 5.66 Å². The first-order valence-electron chi connectivity index (χ1n) is 7.43. The summed E-state index contributed by atoms with van der Waals surface area (Å²) in [6.45, 7) is 3.20. The average Bonchev–Trinajstić information content (AvgIpc) is 2.55. The number of nitriles is 1. The van der Waals surface area contributed by atoms with E-state index >= 15 is 0 Å². The van der Waals surface area contributed by atoms with Crippen LogP contribution in [0.2, 0.25) is 0 Å². The number of hydrogen-bond acceptors (Lipinski definition) is 4. The van der Waals surface area contributed by atoms with Crippen molar-refractivity contribution in [2.45, 2.75) is 19.0 Å². The molecule has 1 atom stereocenters. The van der Waals surface area contributed by atoms with Gasteiger partial charge < -0.3 is 20.7 Å². The van der Waals surface area contributed by atoms with Gasteiger partial charge in [-0.05, 0) is 49.3 Å². The van der Waals surface area contributed by atoms with Crippen molar-refractivity contribution in [1.29, 1.82) is 5.26 Å². The Morgan fingerprint density at radius 3 is 2.91 bits per heavy atom. The van der Waals surface area contributed by atoms with E-state index in [0.29, 0.717) is 13.2 Å². The molecule has 0 radical (unpaired) electrons. The van der Waals surface area contributed by atoms with Crippen LogP contribution >= 0.6 is 12.2 Å². The van der Waals surface area contributed by atoms with Gasteiger partial charge in [0.1, 0.15) is 11.8 Å². The van der Waals surface area contributed by atoms with Crippen LogP contribution in [0.15, 0.2) is 48.7 Å². The largest absolute Gasteiger partial charge is 0.494 e. The standard InChI is InChI=1S/C17H20N4OS/c1-2-22-15-8-4-3-7-14(15)9-12-21-11-6-5-10-17(21,13-18)20-16(19)23/h3-8,10-11H,2,9,12H2,1H3,(H3,19,20,23). The predicted octanol–water partition coefficient (Wildman–Crippen LogP) is 2.07. The van der Waals surface area contributed by atoms with E-state index in [0.717, 1.165) is 17.7 Å². The molecule has 0 aromatic heterocycles. The summed E-state index contributed by atoms with van der Waals surface area (Å²) in [6, 6.07) is 10.2. The summed E-state index contributed by atoms with van der Waals surface area (Å²) in [7, 11) is 0. The van der Waals surface area contributed by atoms with E-state index in [1.165, 1.54) is 0 Å². The van der Waals surface area contributed by atoms with E-state index in [4.69, 9.17) is 22.7 Å². The van der Waals surface area contributed by atoms with Gasteiger partial charge in [-0.25, -0.2) is 0 Å². The second kappa shape index (κ2) is 7.65. The van der Waals surface area contributed by atoms with Crippen molar-refractivity contribution in [2.24, 2.45) is 5.73 Å². The maximum atomic E-state index is 9.62. The van der Waals surface area contributed by atoms with E-state index in [9.17, 15) is 5.26 Å². The summed E-state index contributed by atoms with van der Waals surface area (Å²) in [5.74, 6) is 0.872. The number of benzene rings is 1. The number of para-hydroxylation sites is 1. The smallest absolute Gasteiger partial charge is 0.221 e. The fraction of sp³-hybridized carbons (Fsp3) is 0.294. The highest BCUT2D eigenvalue weighted by molar-refractivity contribution is 7.80. The number of hydrogen-bond donors (Lipinski definition) is 2. The van der Waals surface area contributed by atoms with E-state index in [1.807, 2.05) is 48.4 Å². The van der Waals surface area contributed by atoms with Crippen LogP contribution in [0, 0.1) is 11.3 Å². The summed E-state index contributed by atoms with van der Waals surface area (Å²) in [5.41, 5.74) is 5.62. The number of nitrogens with zero attached hydrogens (tertiary/aromatic N) is 2.